The summed E-state index contributed by atoms with van der Waals surface area (Å²) >= 11 is 0. The van der Waals surface area contributed by atoms with Crippen molar-refractivity contribution in [3.63, 3.8) is 0 Å². The maximum Gasteiger partial charge on any atom is 0.224 e. The summed E-state index contributed by atoms with van der Waals surface area (Å²) < 4.78 is 0. The topological polar surface area (TPSA) is 41.1 Å². The minimum absolute atomic E-state index is 0.550. The van der Waals surface area contributed by atoms with Gasteiger partial charge in [-0.05, 0) is 25.3 Å². The molecular weight excluding hydrogens is 248 g/mol. The largest absolute Gasteiger partial charge is 0.360 e. The average molecular weight is 276 g/mol. The summed E-state index contributed by atoms with van der Waals surface area (Å²) in [5.74, 6) is 1.81. The highest BCUT2D eigenvalue weighted by Gasteiger charge is 2.13. The molecule has 1 aliphatic carbocycles. The van der Waals surface area contributed by atoms with Crippen molar-refractivity contribution in [1.29, 1.82) is 0 Å². The lowest BCUT2D eigenvalue weighted by Gasteiger charge is -2.20. The normalized spacial score (nSPS) is 16.7. The van der Waals surface area contributed by atoms with Gasteiger partial charge in [0.05, 0.1) is 0 Å². The predicted octanol–water partition coefficient (Wildman–Crippen LogP) is 3.85. The quantitative estimate of drug-likeness (QED) is 0.801. The van der Waals surface area contributed by atoms with E-state index in [2.05, 4.69) is 34.2 Å². The fourth-order valence-electron chi connectivity index (χ4n) is 2.75. The highest BCUT2D eigenvalue weighted by Crippen LogP contribution is 2.20. The molecule has 20 heavy (non-hydrogen) atoms. The lowest BCUT2D eigenvalue weighted by atomic mass is 10.1. The molecule has 0 bridgehead atoms. The number of aromatic nitrogens is 2. The van der Waals surface area contributed by atoms with Gasteiger partial charge in [-0.3, -0.25) is 0 Å². The van der Waals surface area contributed by atoms with Crippen molar-refractivity contribution in [2.24, 2.45) is 0 Å². The van der Waals surface area contributed by atoms with Gasteiger partial charge in [-0.25, -0.2) is 4.98 Å². The number of unbranched alkanes of at least 4 members (excludes halogenated alkanes) is 1. The second-order valence-corrected chi connectivity index (χ2v) is 5.85. The Labute approximate surface area is 123 Å². The predicted molar refractivity (Wildman–Crippen MR) is 85.3 cm³/mol. The molecule has 1 N–H and O–H groups in total. The average Bonchev–Trinajstić information content (AvgIpc) is 2.73. The third kappa shape index (κ3) is 4.66. The van der Waals surface area contributed by atoms with Gasteiger partial charge in [-0.15, -0.1) is 0 Å². The molecule has 1 heterocycles. The van der Waals surface area contributed by atoms with Gasteiger partial charge in [0.15, 0.2) is 0 Å². The van der Waals surface area contributed by atoms with Crippen LogP contribution < -0.4 is 10.2 Å². The van der Waals surface area contributed by atoms with Gasteiger partial charge in [0.1, 0.15) is 5.82 Å². The second-order valence-electron chi connectivity index (χ2n) is 5.85. The highest BCUT2D eigenvalue weighted by atomic mass is 15.2. The number of rotatable bonds is 6. The van der Waals surface area contributed by atoms with E-state index in [1.165, 1.54) is 51.4 Å². The molecule has 0 atom stereocenters. The molecule has 4 heteroatoms. The maximum atomic E-state index is 4.65. The Hall–Kier alpha value is -1.32. The SMILES string of the molecule is CCCCN(C)c1ccnc(NC2CCCCCC2)n1. The van der Waals surface area contributed by atoms with E-state index in [4.69, 9.17) is 0 Å². The third-order valence-corrected chi connectivity index (χ3v) is 4.07. The van der Waals surface area contributed by atoms with Gasteiger partial charge in [0.2, 0.25) is 5.95 Å². The summed E-state index contributed by atoms with van der Waals surface area (Å²) in [7, 11) is 2.10. The van der Waals surface area contributed by atoms with Crippen LogP contribution in [0, 0.1) is 0 Å². The van der Waals surface area contributed by atoms with E-state index < -0.39 is 0 Å². The zero-order valence-corrected chi connectivity index (χ0v) is 12.9. The van der Waals surface area contributed by atoms with E-state index in [1.54, 1.807) is 0 Å². The van der Waals surface area contributed by atoms with Gasteiger partial charge < -0.3 is 10.2 Å². The first-order valence-electron chi connectivity index (χ1n) is 8.10. The first-order chi connectivity index (χ1) is 9.79. The minimum atomic E-state index is 0.550. The molecule has 1 saturated carbocycles. The van der Waals surface area contributed by atoms with E-state index in [1.807, 2.05) is 12.3 Å². The second kappa shape index (κ2) is 8.08. The molecule has 1 fully saturated rings. The summed E-state index contributed by atoms with van der Waals surface area (Å²) in [5.41, 5.74) is 0. The van der Waals surface area contributed by atoms with Crippen LogP contribution in [0.4, 0.5) is 11.8 Å². The molecule has 0 unspecified atom stereocenters. The summed E-state index contributed by atoms with van der Waals surface area (Å²) in [6.45, 7) is 3.27. The van der Waals surface area contributed by atoms with Crippen LogP contribution in [0.2, 0.25) is 0 Å². The van der Waals surface area contributed by atoms with Crippen LogP contribution in [0.25, 0.3) is 0 Å². The lowest BCUT2D eigenvalue weighted by Crippen LogP contribution is -2.23. The molecule has 0 saturated heterocycles. The Balaban J connectivity index is 1.94. The van der Waals surface area contributed by atoms with Gasteiger partial charge in [-0.1, -0.05) is 39.0 Å². The molecule has 0 aliphatic heterocycles. The molecule has 0 radical (unpaired) electrons. The van der Waals surface area contributed by atoms with E-state index in [0.717, 1.165) is 18.3 Å². The van der Waals surface area contributed by atoms with Crippen LogP contribution in [-0.2, 0) is 0 Å². The lowest BCUT2D eigenvalue weighted by molar-refractivity contribution is 0.614. The van der Waals surface area contributed by atoms with Gasteiger partial charge in [0.25, 0.3) is 0 Å². The van der Waals surface area contributed by atoms with Crippen molar-refractivity contribution >= 4 is 11.8 Å². The van der Waals surface area contributed by atoms with Crippen molar-refractivity contribution in [3.8, 4) is 0 Å². The fourth-order valence-corrected chi connectivity index (χ4v) is 2.75. The van der Waals surface area contributed by atoms with E-state index in [9.17, 15) is 0 Å². The molecule has 112 valence electrons. The summed E-state index contributed by atoms with van der Waals surface area (Å²) in [6.07, 6.45) is 12.2. The first-order valence-corrected chi connectivity index (χ1v) is 8.10. The van der Waals surface area contributed by atoms with Crippen LogP contribution in [0.5, 0.6) is 0 Å². The number of anilines is 2. The Morgan fingerprint density at radius 1 is 1.25 bits per heavy atom. The molecule has 2 rings (SSSR count). The monoisotopic (exact) mass is 276 g/mol. The summed E-state index contributed by atoms with van der Waals surface area (Å²) in [6, 6.07) is 2.54. The Kier molecular flexibility index (Phi) is 6.09. The van der Waals surface area contributed by atoms with Crippen LogP contribution in [0.1, 0.15) is 58.3 Å². The highest BCUT2D eigenvalue weighted by molar-refractivity contribution is 5.41. The molecule has 1 aromatic rings. The minimum Gasteiger partial charge on any atom is -0.360 e. The van der Waals surface area contributed by atoms with E-state index in [0.29, 0.717) is 6.04 Å². The maximum absolute atomic E-state index is 4.65. The summed E-state index contributed by atoms with van der Waals surface area (Å²) in [5, 5.41) is 3.52. The van der Waals surface area contributed by atoms with E-state index in [-0.39, 0.29) is 0 Å². The van der Waals surface area contributed by atoms with Crippen molar-refractivity contribution in [2.75, 3.05) is 23.8 Å². The summed E-state index contributed by atoms with van der Waals surface area (Å²) in [4.78, 5) is 11.2. The Morgan fingerprint density at radius 3 is 2.70 bits per heavy atom. The van der Waals surface area contributed by atoms with Gasteiger partial charge in [0, 0.05) is 25.8 Å². The van der Waals surface area contributed by atoms with Crippen LogP contribution >= 0.6 is 0 Å². The van der Waals surface area contributed by atoms with Crippen molar-refractivity contribution < 1.29 is 0 Å². The Morgan fingerprint density at radius 2 is 2.00 bits per heavy atom. The van der Waals surface area contributed by atoms with E-state index >= 15 is 0 Å². The molecule has 0 spiro atoms. The number of nitrogens with zero attached hydrogens (tertiary/aromatic N) is 3. The molecule has 4 nitrogen and oxygen atoms in total. The van der Waals surface area contributed by atoms with Crippen LogP contribution in [0.15, 0.2) is 12.3 Å². The third-order valence-electron chi connectivity index (χ3n) is 4.07. The van der Waals surface area contributed by atoms with Crippen molar-refractivity contribution in [2.45, 2.75) is 64.3 Å². The number of hydrogen-bond donors (Lipinski definition) is 1. The Bertz CT molecular complexity index is 386. The standard InChI is InChI=1S/C16H28N4/c1-3-4-13-20(2)15-11-12-17-16(19-15)18-14-9-7-5-6-8-10-14/h11-12,14H,3-10,13H2,1-2H3,(H,17,18,19). The first kappa shape index (κ1) is 15.1. The number of nitrogens with one attached hydrogen (secondary N) is 1. The molecule has 1 aromatic heterocycles. The molecule has 0 aromatic carbocycles. The fraction of sp³-hybridized carbons (Fsp3) is 0.750. The van der Waals surface area contributed by atoms with Gasteiger partial charge >= 0.3 is 0 Å². The van der Waals surface area contributed by atoms with Crippen LogP contribution in [0.3, 0.4) is 0 Å². The molecular formula is C16H28N4. The zero-order valence-electron chi connectivity index (χ0n) is 12.9. The molecule has 1 aliphatic rings. The van der Waals surface area contributed by atoms with Gasteiger partial charge in [-0.2, -0.15) is 4.98 Å². The van der Waals surface area contributed by atoms with Crippen molar-refractivity contribution in [1.82, 2.24) is 9.97 Å². The van der Waals surface area contributed by atoms with Crippen LogP contribution in [-0.4, -0.2) is 29.6 Å². The van der Waals surface area contributed by atoms with Crippen molar-refractivity contribution in [3.05, 3.63) is 12.3 Å². The molecule has 0 amide bonds. The smallest absolute Gasteiger partial charge is 0.224 e. The number of hydrogen-bond acceptors (Lipinski definition) is 4. The zero-order chi connectivity index (χ0) is 14.2.